The summed E-state index contributed by atoms with van der Waals surface area (Å²) in [6.07, 6.45) is 2.39. The molecule has 1 aliphatic heterocycles. The minimum absolute atomic E-state index is 0.104. The second kappa shape index (κ2) is 5.13. The monoisotopic (exact) mass is 276 g/mol. The molecule has 0 atom stereocenters. The number of halogens is 2. The van der Waals surface area contributed by atoms with Crippen molar-refractivity contribution in [2.45, 2.75) is 19.5 Å². The van der Waals surface area contributed by atoms with Gasteiger partial charge in [-0.15, -0.1) is 0 Å². The van der Waals surface area contributed by atoms with Crippen molar-refractivity contribution in [3.63, 3.8) is 0 Å². The van der Waals surface area contributed by atoms with Crippen LogP contribution in [0.1, 0.15) is 16.8 Å². The largest absolute Gasteiger partial charge is 0.368 e. The van der Waals surface area contributed by atoms with E-state index in [1.807, 2.05) is 4.90 Å². The molecule has 0 aliphatic carbocycles. The molecule has 20 heavy (non-hydrogen) atoms. The average Bonchev–Trinajstić information content (AvgIpc) is 2.43. The topological polar surface area (TPSA) is 55.0 Å². The van der Waals surface area contributed by atoms with Gasteiger partial charge in [-0.3, -0.25) is 4.90 Å². The van der Waals surface area contributed by atoms with E-state index in [4.69, 9.17) is 5.73 Å². The number of nitrogens with zero attached hydrogens (tertiary/aromatic N) is 3. The Bertz CT molecular complexity index is 625. The van der Waals surface area contributed by atoms with Gasteiger partial charge in [0, 0.05) is 43.4 Å². The molecule has 0 radical (unpaired) electrons. The molecule has 4 nitrogen and oxygen atoms in total. The van der Waals surface area contributed by atoms with Gasteiger partial charge in [0.2, 0.25) is 5.95 Å². The first-order valence-corrected chi connectivity index (χ1v) is 6.39. The molecule has 1 aromatic heterocycles. The summed E-state index contributed by atoms with van der Waals surface area (Å²) in [5.41, 5.74) is 7.53. The molecule has 3 rings (SSSR count). The normalized spacial score (nSPS) is 15.1. The van der Waals surface area contributed by atoms with E-state index in [1.54, 1.807) is 6.20 Å². The van der Waals surface area contributed by atoms with Crippen LogP contribution < -0.4 is 5.73 Å². The number of aromatic nitrogens is 2. The highest BCUT2D eigenvalue weighted by molar-refractivity contribution is 5.27. The third-order valence-electron chi connectivity index (χ3n) is 3.48. The summed E-state index contributed by atoms with van der Waals surface area (Å²) in [5, 5.41) is 0. The van der Waals surface area contributed by atoms with Crippen LogP contribution in [0.15, 0.2) is 24.4 Å². The first-order valence-electron chi connectivity index (χ1n) is 6.39. The van der Waals surface area contributed by atoms with Crippen LogP contribution in [-0.2, 0) is 19.5 Å². The second-order valence-corrected chi connectivity index (χ2v) is 4.86. The van der Waals surface area contributed by atoms with Crippen LogP contribution in [-0.4, -0.2) is 21.4 Å². The number of fused-ring (bicyclic) bond motifs is 1. The molecule has 1 aromatic carbocycles. The lowest BCUT2D eigenvalue weighted by molar-refractivity contribution is 0.236. The van der Waals surface area contributed by atoms with Crippen molar-refractivity contribution in [1.82, 2.24) is 14.9 Å². The molecule has 0 bridgehead atoms. The van der Waals surface area contributed by atoms with Gasteiger partial charge in [-0.2, -0.15) is 0 Å². The minimum atomic E-state index is -0.510. The van der Waals surface area contributed by atoms with E-state index in [9.17, 15) is 8.78 Å². The predicted molar refractivity (Wildman–Crippen MR) is 70.6 cm³/mol. The lowest BCUT2D eigenvalue weighted by Crippen LogP contribution is -2.31. The minimum Gasteiger partial charge on any atom is -0.368 e. The molecular formula is C14H14F2N4. The maximum atomic E-state index is 13.6. The molecule has 104 valence electrons. The first kappa shape index (κ1) is 12.9. The van der Waals surface area contributed by atoms with Gasteiger partial charge in [-0.1, -0.05) is 6.07 Å². The molecule has 0 saturated carbocycles. The van der Waals surface area contributed by atoms with Crippen molar-refractivity contribution in [2.75, 3.05) is 12.3 Å². The van der Waals surface area contributed by atoms with E-state index in [1.165, 1.54) is 18.2 Å². The van der Waals surface area contributed by atoms with Gasteiger partial charge in [0.05, 0.1) is 5.69 Å². The summed E-state index contributed by atoms with van der Waals surface area (Å²) in [6.45, 7) is 1.50. The molecule has 2 heterocycles. The fourth-order valence-electron chi connectivity index (χ4n) is 2.43. The van der Waals surface area contributed by atoms with Crippen LogP contribution in [0.25, 0.3) is 0 Å². The predicted octanol–water partition coefficient (Wildman–Crippen LogP) is 1.90. The van der Waals surface area contributed by atoms with Crippen molar-refractivity contribution in [1.29, 1.82) is 0 Å². The van der Waals surface area contributed by atoms with E-state index >= 15 is 0 Å². The fraction of sp³-hybridized carbons (Fsp3) is 0.286. The summed E-state index contributed by atoms with van der Waals surface area (Å²) in [7, 11) is 0. The first-order chi connectivity index (χ1) is 9.63. The van der Waals surface area contributed by atoms with E-state index in [2.05, 4.69) is 9.97 Å². The molecule has 6 heteroatoms. The molecule has 0 unspecified atom stereocenters. The third kappa shape index (κ3) is 2.46. The smallest absolute Gasteiger partial charge is 0.220 e. The Morgan fingerprint density at radius 3 is 2.75 bits per heavy atom. The zero-order valence-electron chi connectivity index (χ0n) is 10.8. The number of hydrogen-bond acceptors (Lipinski definition) is 4. The van der Waals surface area contributed by atoms with Crippen molar-refractivity contribution >= 4 is 5.95 Å². The molecular weight excluding hydrogens is 262 g/mol. The van der Waals surface area contributed by atoms with Crippen LogP contribution in [0.2, 0.25) is 0 Å². The maximum absolute atomic E-state index is 13.6. The van der Waals surface area contributed by atoms with Gasteiger partial charge < -0.3 is 5.73 Å². The highest BCUT2D eigenvalue weighted by atomic mass is 19.1. The van der Waals surface area contributed by atoms with Crippen molar-refractivity contribution in [3.05, 3.63) is 52.9 Å². The van der Waals surface area contributed by atoms with Gasteiger partial charge in [0.1, 0.15) is 11.6 Å². The number of hydrogen-bond donors (Lipinski definition) is 1. The summed E-state index contributed by atoms with van der Waals surface area (Å²) in [4.78, 5) is 10.1. The van der Waals surface area contributed by atoms with E-state index in [0.29, 0.717) is 19.5 Å². The third-order valence-corrected chi connectivity index (χ3v) is 3.48. The average molecular weight is 276 g/mol. The van der Waals surface area contributed by atoms with Crippen LogP contribution in [0.5, 0.6) is 0 Å². The van der Waals surface area contributed by atoms with Gasteiger partial charge >= 0.3 is 0 Å². The Balaban J connectivity index is 1.79. The SMILES string of the molecule is Nc1ncc2c(n1)CCN(Cc1c(F)cccc1F)C2. The highest BCUT2D eigenvalue weighted by Gasteiger charge is 2.20. The molecule has 0 saturated heterocycles. The Morgan fingerprint density at radius 1 is 1.25 bits per heavy atom. The van der Waals surface area contributed by atoms with Gasteiger partial charge in [-0.25, -0.2) is 18.7 Å². The number of nitrogens with two attached hydrogens (primary N) is 1. The Labute approximate surface area is 115 Å². The molecule has 2 N–H and O–H groups in total. The Morgan fingerprint density at radius 2 is 2.00 bits per heavy atom. The zero-order chi connectivity index (χ0) is 14.1. The summed E-state index contributed by atoms with van der Waals surface area (Å²) < 4.78 is 27.3. The maximum Gasteiger partial charge on any atom is 0.220 e. The van der Waals surface area contributed by atoms with Gasteiger partial charge in [0.25, 0.3) is 0 Å². The molecule has 0 amide bonds. The number of anilines is 1. The highest BCUT2D eigenvalue weighted by Crippen LogP contribution is 2.21. The van der Waals surface area contributed by atoms with Crippen LogP contribution in [0.3, 0.4) is 0 Å². The summed E-state index contributed by atoms with van der Waals surface area (Å²) in [5.74, 6) is -0.758. The molecule has 0 fully saturated rings. The molecule has 0 spiro atoms. The molecule has 1 aliphatic rings. The number of nitrogen functional groups attached to an aromatic ring is 1. The van der Waals surface area contributed by atoms with E-state index in [-0.39, 0.29) is 18.1 Å². The van der Waals surface area contributed by atoms with E-state index < -0.39 is 11.6 Å². The van der Waals surface area contributed by atoms with Crippen LogP contribution >= 0.6 is 0 Å². The summed E-state index contributed by atoms with van der Waals surface area (Å²) in [6, 6.07) is 3.93. The standard InChI is InChI=1S/C14H14F2N4/c15-11-2-1-3-12(16)10(11)8-20-5-4-13-9(7-20)6-18-14(17)19-13/h1-3,6H,4-5,7-8H2,(H2,17,18,19). The lowest BCUT2D eigenvalue weighted by atomic mass is 10.1. The number of benzene rings is 1. The second-order valence-electron chi connectivity index (χ2n) is 4.86. The molecule has 2 aromatic rings. The van der Waals surface area contributed by atoms with Crippen molar-refractivity contribution in [2.24, 2.45) is 0 Å². The Hall–Kier alpha value is -2.08. The van der Waals surface area contributed by atoms with Crippen LogP contribution in [0.4, 0.5) is 14.7 Å². The Kier molecular flexibility index (Phi) is 3.31. The quantitative estimate of drug-likeness (QED) is 0.910. The van der Waals surface area contributed by atoms with E-state index in [0.717, 1.165) is 11.3 Å². The van der Waals surface area contributed by atoms with Crippen LogP contribution in [0, 0.1) is 11.6 Å². The van der Waals surface area contributed by atoms with Crippen molar-refractivity contribution in [3.8, 4) is 0 Å². The lowest BCUT2D eigenvalue weighted by Gasteiger charge is -2.28. The number of rotatable bonds is 2. The summed E-state index contributed by atoms with van der Waals surface area (Å²) >= 11 is 0. The van der Waals surface area contributed by atoms with Crippen molar-refractivity contribution < 1.29 is 8.78 Å². The van der Waals surface area contributed by atoms with Gasteiger partial charge in [-0.05, 0) is 12.1 Å². The van der Waals surface area contributed by atoms with Gasteiger partial charge in [0.15, 0.2) is 0 Å². The fourth-order valence-corrected chi connectivity index (χ4v) is 2.43. The zero-order valence-corrected chi connectivity index (χ0v) is 10.8.